The molecule has 1 aromatic heterocycles. The van der Waals surface area contributed by atoms with Crippen LogP contribution in [0.1, 0.15) is 5.56 Å². The van der Waals surface area contributed by atoms with Crippen molar-refractivity contribution < 1.29 is 19.4 Å². The predicted octanol–water partition coefficient (Wildman–Crippen LogP) is 1.81. The van der Waals surface area contributed by atoms with Crippen LogP contribution in [0.4, 0.5) is 0 Å². The number of ether oxygens (including phenoxy) is 2. The first kappa shape index (κ1) is 11.3. The Kier molecular flexibility index (Phi) is 2.91. The minimum absolute atomic E-state index is 0.0521. The average molecular weight is 235 g/mol. The molecule has 2 N–H and O–H groups in total. The molecule has 2 rings (SSSR count). The Morgan fingerprint density at radius 2 is 1.94 bits per heavy atom. The molecule has 0 aliphatic carbocycles. The summed E-state index contributed by atoms with van der Waals surface area (Å²) in [7, 11) is 3.12. The summed E-state index contributed by atoms with van der Waals surface area (Å²) >= 11 is 0. The van der Waals surface area contributed by atoms with Crippen LogP contribution in [0, 0.1) is 0 Å². The van der Waals surface area contributed by atoms with Crippen LogP contribution in [0.25, 0.3) is 10.9 Å². The average Bonchev–Trinajstić information content (AvgIpc) is 2.71. The lowest BCUT2D eigenvalue weighted by Gasteiger charge is -2.07. The fraction of sp³-hybridized carbons (Fsp3) is 0.250. The lowest BCUT2D eigenvalue weighted by Crippen LogP contribution is -1.99. The number of H-pyrrole nitrogens is 1. The van der Waals surface area contributed by atoms with Gasteiger partial charge in [0.15, 0.2) is 0 Å². The van der Waals surface area contributed by atoms with Crippen LogP contribution in [0.2, 0.25) is 0 Å². The molecule has 5 nitrogen and oxygen atoms in total. The number of carboxylic acids is 1. The molecule has 0 bridgehead atoms. The van der Waals surface area contributed by atoms with Gasteiger partial charge >= 0.3 is 5.97 Å². The maximum Gasteiger partial charge on any atom is 0.307 e. The van der Waals surface area contributed by atoms with E-state index >= 15 is 0 Å². The molecule has 0 radical (unpaired) electrons. The van der Waals surface area contributed by atoms with Gasteiger partial charge in [0, 0.05) is 11.6 Å². The number of nitrogens with one attached hydrogen (secondary N) is 1. The first-order valence-corrected chi connectivity index (χ1v) is 5.10. The van der Waals surface area contributed by atoms with Crippen LogP contribution < -0.4 is 9.47 Å². The lowest BCUT2D eigenvalue weighted by molar-refractivity contribution is -0.136. The van der Waals surface area contributed by atoms with Gasteiger partial charge in [0.05, 0.1) is 26.2 Å². The summed E-state index contributed by atoms with van der Waals surface area (Å²) < 4.78 is 10.5. The van der Waals surface area contributed by atoms with Gasteiger partial charge in [0.1, 0.15) is 11.5 Å². The van der Waals surface area contributed by atoms with Crippen LogP contribution in [0.15, 0.2) is 18.3 Å². The van der Waals surface area contributed by atoms with Crippen LogP contribution in [-0.4, -0.2) is 30.3 Å². The number of methoxy groups -OCH3 is 2. The first-order chi connectivity index (χ1) is 8.17. The number of hydrogen-bond donors (Lipinski definition) is 2. The van der Waals surface area contributed by atoms with Crippen molar-refractivity contribution in [1.29, 1.82) is 0 Å². The van der Waals surface area contributed by atoms with Crippen molar-refractivity contribution in [2.24, 2.45) is 0 Å². The number of aromatic amines is 1. The first-order valence-electron chi connectivity index (χ1n) is 5.10. The molecule has 90 valence electrons. The van der Waals surface area contributed by atoms with Gasteiger partial charge in [-0.15, -0.1) is 0 Å². The predicted molar refractivity (Wildman–Crippen MR) is 62.7 cm³/mol. The van der Waals surface area contributed by atoms with Gasteiger partial charge in [-0.25, -0.2) is 0 Å². The number of carbonyl (C=O) groups is 1. The van der Waals surface area contributed by atoms with E-state index in [2.05, 4.69) is 4.98 Å². The lowest BCUT2D eigenvalue weighted by atomic mass is 10.1. The van der Waals surface area contributed by atoms with E-state index in [0.717, 1.165) is 10.9 Å². The number of aliphatic carboxylic acids is 1. The van der Waals surface area contributed by atoms with Gasteiger partial charge in [-0.05, 0) is 17.7 Å². The van der Waals surface area contributed by atoms with Gasteiger partial charge in [-0.3, -0.25) is 4.79 Å². The molecule has 5 heteroatoms. The highest BCUT2D eigenvalue weighted by Crippen LogP contribution is 2.35. The largest absolute Gasteiger partial charge is 0.496 e. The summed E-state index contributed by atoms with van der Waals surface area (Å²) in [6.07, 6.45) is 1.62. The monoisotopic (exact) mass is 235 g/mol. The summed E-state index contributed by atoms with van der Waals surface area (Å²) in [6.45, 7) is 0. The molecule has 1 aromatic carbocycles. The Balaban J connectivity index is 2.66. The summed E-state index contributed by atoms with van der Waals surface area (Å²) in [6, 6.07) is 3.54. The third-order valence-corrected chi connectivity index (χ3v) is 2.62. The molecular formula is C12H13NO4. The second-order valence-electron chi connectivity index (χ2n) is 3.60. The molecule has 17 heavy (non-hydrogen) atoms. The number of benzene rings is 1. The molecule has 0 amide bonds. The van der Waals surface area contributed by atoms with Crippen molar-refractivity contribution >= 4 is 16.9 Å². The van der Waals surface area contributed by atoms with E-state index in [9.17, 15) is 4.79 Å². The van der Waals surface area contributed by atoms with Gasteiger partial charge in [-0.2, -0.15) is 0 Å². The van der Waals surface area contributed by atoms with Crippen molar-refractivity contribution in [1.82, 2.24) is 4.98 Å². The fourth-order valence-corrected chi connectivity index (χ4v) is 1.90. The van der Waals surface area contributed by atoms with E-state index in [1.165, 1.54) is 0 Å². The van der Waals surface area contributed by atoms with Gasteiger partial charge < -0.3 is 19.6 Å². The summed E-state index contributed by atoms with van der Waals surface area (Å²) in [4.78, 5) is 13.8. The zero-order valence-corrected chi connectivity index (χ0v) is 9.61. The number of carboxylic acid groups (broad SMARTS) is 1. The number of rotatable bonds is 4. The van der Waals surface area contributed by atoms with E-state index in [-0.39, 0.29) is 6.42 Å². The SMILES string of the molecule is COc1ccc(OC)c2c(CC(=O)O)c[nH]c12. The van der Waals surface area contributed by atoms with E-state index < -0.39 is 5.97 Å². The Labute approximate surface area is 98.0 Å². The standard InChI is InChI=1S/C12H13NO4/c1-16-8-3-4-9(17-2)12-11(8)7(6-13-12)5-10(14)15/h3-4,6,13H,5H2,1-2H3,(H,14,15). The van der Waals surface area contributed by atoms with Crippen LogP contribution >= 0.6 is 0 Å². The molecular weight excluding hydrogens is 222 g/mol. The topological polar surface area (TPSA) is 71.6 Å². The highest BCUT2D eigenvalue weighted by Gasteiger charge is 2.15. The van der Waals surface area contributed by atoms with Gasteiger partial charge in [0.2, 0.25) is 0 Å². The zero-order chi connectivity index (χ0) is 12.4. The highest BCUT2D eigenvalue weighted by atomic mass is 16.5. The number of aromatic nitrogens is 1. The third-order valence-electron chi connectivity index (χ3n) is 2.62. The molecule has 0 spiro atoms. The molecule has 0 atom stereocenters. The summed E-state index contributed by atoms with van der Waals surface area (Å²) in [5.74, 6) is 0.423. The second-order valence-corrected chi connectivity index (χ2v) is 3.60. The Hall–Kier alpha value is -2.17. The van der Waals surface area contributed by atoms with Crippen LogP contribution in [0.3, 0.4) is 0 Å². The van der Waals surface area contributed by atoms with E-state index in [1.54, 1.807) is 32.5 Å². The summed E-state index contributed by atoms with van der Waals surface area (Å²) in [5.41, 5.74) is 1.44. The Morgan fingerprint density at radius 3 is 2.53 bits per heavy atom. The van der Waals surface area contributed by atoms with E-state index in [0.29, 0.717) is 17.1 Å². The molecule has 0 aliphatic rings. The molecule has 1 heterocycles. The van der Waals surface area contributed by atoms with E-state index in [1.807, 2.05) is 0 Å². The van der Waals surface area contributed by atoms with E-state index in [4.69, 9.17) is 14.6 Å². The zero-order valence-electron chi connectivity index (χ0n) is 9.61. The fourth-order valence-electron chi connectivity index (χ4n) is 1.90. The van der Waals surface area contributed by atoms with Gasteiger partial charge in [0.25, 0.3) is 0 Å². The minimum atomic E-state index is -0.879. The Morgan fingerprint density at radius 1 is 1.29 bits per heavy atom. The smallest absolute Gasteiger partial charge is 0.307 e. The van der Waals surface area contributed by atoms with Crippen LogP contribution in [0.5, 0.6) is 11.5 Å². The Bertz CT molecular complexity index is 559. The minimum Gasteiger partial charge on any atom is -0.496 e. The third kappa shape index (κ3) is 1.91. The molecule has 0 saturated carbocycles. The van der Waals surface area contributed by atoms with Crippen LogP contribution in [-0.2, 0) is 11.2 Å². The summed E-state index contributed by atoms with van der Waals surface area (Å²) in [5, 5.41) is 9.61. The molecule has 2 aromatic rings. The molecule has 0 unspecified atom stereocenters. The number of hydrogen-bond acceptors (Lipinski definition) is 3. The quantitative estimate of drug-likeness (QED) is 0.847. The maximum absolute atomic E-state index is 10.8. The number of fused-ring (bicyclic) bond motifs is 1. The van der Waals surface area contributed by atoms with Crippen molar-refractivity contribution in [3.8, 4) is 11.5 Å². The molecule has 0 saturated heterocycles. The maximum atomic E-state index is 10.8. The normalized spacial score (nSPS) is 10.5. The van der Waals surface area contributed by atoms with Crippen molar-refractivity contribution in [2.75, 3.05) is 14.2 Å². The molecule has 0 fully saturated rings. The van der Waals surface area contributed by atoms with Crippen molar-refractivity contribution in [3.05, 3.63) is 23.9 Å². The highest BCUT2D eigenvalue weighted by molar-refractivity contribution is 5.95. The second kappa shape index (κ2) is 4.37. The van der Waals surface area contributed by atoms with Gasteiger partial charge in [-0.1, -0.05) is 0 Å². The van der Waals surface area contributed by atoms with Crippen molar-refractivity contribution in [2.45, 2.75) is 6.42 Å². The molecule has 0 aliphatic heterocycles. The van der Waals surface area contributed by atoms with Crippen molar-refractivity contribution in [3.63, 3.8) is 0 Å².